The van der Waals surface area contributed by atoms with Crippen LogP contribution in [0.4, 0.5) is 0 Å². The van der Waals surface area contributed by atoms with Gasteiger partial charge in [-0.15, -0.1) is 5.70 Å². The van der Waals surface area contributed by atoms with Gasteiger partial charge in [0.1, 0.15) is 0 Å². The predicted octanol–water partition coefficient (Wildman–Crippen LogP) is 2.73. The van der Waals surface area contributed by atoms with Crippen LogP contribution in [0.3, 0.4) is 0 Å². The summed E-state index contributed by atoms with van der Waals surface area (Å²) in [5.41, 5.74) is 3.73. The van der Waals surface area contributed by atoms with Gasteiger partial charge in [-0.1, -0.05) is 36.4 Å². The molecule has 0 spiro atoms. The van der Waals surface area contributed by atoms with Crippen molar-refractivity contribution < 1.29 is 9.47 Å². The van der Waals surface area contributed by atoms with Crippen LogP contribution in [0.2, 0.25) is 6.04 Å². The second-order valence-electron chi connectivity index (χ2n) is 4.09. The standard InChI is InChI=1S/C15H24O2Si/c1-3-16-15(17-4-2)11-13-18-12-10-14-8-6-5-7-9-14/h5-9,11,13,15H,3-4,10,12,18H2,1-2H3. The lowest BCUT2D eigenvalue weighted by molar-refractivity contribution is -0.103. The maximum atomic E-state index is 5.46. The molecule has 0 unspecified atom stereocenters. The van der Waals surface area contributed by atoms with Gasteiger partial charge in [-0.05, 0) is 31.9 Å². The van der Waals surface area contributed by atoms with Gasteiger partial charge in [0.2, 0.25) is 0 Å². The van der Waals surface area contributed by atoms with Crippen molar-refractivity contribution in [2.24, 2.45) is 0 Å². The molecule has 0 aromatic heterocycles. The van der Waals surface area contributed by atoms with Gasteiger partial charge >= 0.3 is 0 Å². The number of benzene rings is 1. The minimum atomic E-state index is -0.150. The van der Waals surface area contributed by atoms with Crippen molar-refractivity contribution in [3.05, 3.63) is 47.7 Å². The summed E-state index contributed by atoms with van der Waals surface area (Å²) in [6, 6.07) is 12.0. The van der Waals surface area contributed by atoms with Gasteiger partial charge in [0, 0.05) is 22.7 Å². The third-order valence-corrected chi connectivity index (χ3v) is 4.00. The van der Waals surface area contributed by atoms with Crippen LogP contribution in [-0.2, 0) is 15.9 Å². The predicted molar refractivity (Wildman–Crippen MR) is 79.7 cm³/mol. The Morgan fingerprint density at radius 3 is 2.39 bits per heavy atom. The minimum absolute atomic E-state index is 0.149. The van der Waals surface area contributed by atoms with Gasteiger partial charge < -0.3 is 9.47 Å². The maximum Gasteiger partial charge on any atom is 0.176 e. The minimum Gasteiger partial charge on any atom is -0.349 e. The van der Waals surface area contributed by atoms with Crippen LogP contribution in [0, 0.1) is 0 Å². The van der Waals surface area contributed by atoms with Crippen LogP contribution in [0.15, 0.2) is 42.1 Å². The Morgan fingerprint density at radius 1 is 1.11 bits per heavy atom. The molecular formula is C15H24O2Si. The van der Waals surface area contributed by atoms with Crippen LogP contribution in [0.1, 0.15) is 19.4 Å². The molecule has 0 saturated carbocycles. The first-order valence-electron chi connectivity index (χ1n) is 6.80. The molecule has 0 radical (unpaired) electrons. The van der Waals surface area contributed by atoms with Crippen molar-refractivity contribution in [2.45, 2.75) is 32.6 Å². The molecule has 0 aliphatic carbocycles. The van der Waals surface area contributed by atoms with Gasteiger partial charge in [-0.25, -0.2) is 0 Å². The molecule has 0 bridgehead atoms. The maximum absolute atomic E-state index is 5.46. The highest BCUT2D eigenvalue weighted by Crippen LogP contribution is 2.03. The van der Waals surface area contributed by atoms with E-state index in [2.05, 4.69) is 42.1 Å². The first kappa shape index (κ1) is 15.2. The quantitative estimate of drug-likeness (QED) is 0.388. The molecule has 0 heterocycles. The first-order valence-corrected chi connectivity index (χ1v) is 8.62. The van der Waals surface area contributed by atoms with Crippen LogP contribution >= 0.6 is 0 Å². The molecular weight excluding hydrogens is 240 g/mol. The molecule has 0 fully saturated rings. The molecule has 0 amide bonds. The van der Waals surface area contributed by atoms with Crippen molar-refractivity contribution in [1.29, 1.82) is 0 Å². The highest BCUT2D eigenvalue weighted by molar-refractivity contribution is 6.42. The zero-order chi connectivity index (χ0) is 13.1. The second-order valence-corrected chi connectivity index (χ2v) is 5.84. The number of hydrogen-bond acceptors (Lipinski definition) is 2. The average Bonchev–Trinajstić information content (AvgIpc) is 2.40. The highest BCUT2D eigenvalue weighted by atomic mass is 28.2. The van der Waals surface area contributed by atoms with Crippen molar-refractivity contribution in [1.82, 2.24) is 0 Å². The van der Waals surface area contributed by atoms with E-state index in [4.69, 9.17) is 9.47 Å². The zero-order valence-corrected chi connectivity index (χ0v) is 12.9. The van der Waals surface area contributed by atoms with Crippen molar-refractivity contribution in [3.8, 4) is 0 Å². The number of ether oxygens (including phenoxy) is 2. The van der Waals surface area contributed by atoms with E-state index in [9.17, 15) is 0 Å². The largest absolute Gasteiger partial charge is 0.349 e. The molecule has 0 aliphatic rings. The SMILES string of the molecule is CCOC(C=C[SiH2]CCc1ccccc1)OCC. The third-order valence-electron chi connectivity index (χ3n) is 2.63. The van der Waals surface area contributed by atoms with Crippen LogP contribution in [-0.4, -0.2) is 29.0 Å². The fourth-order valence-electron chi connectivity index (χ4n) is 1.76. The molecule has 18 heavy (non-hydrogen) atoms. The lowest BCUT2D eigenvalue weighted by Gasteiger charge is -2.12. The molecule has 0 atom stereocenters. The summed E-state index contributed by atoms with van der Waals surface area (Å²) < 4.78 is 10.9. The average molecular weight is 264 g/mol. The summed E-state index contributed by atoms with van der Waals surface area (Å²) >= 11 is 0. The topological polar surface area (TPSA) is 18.5 Å². The molecule has 0 aliphatic heterocycles. The fraction of sp³-hybridized carbons (Fsp3) is 0.467. The Labute approximate surface area is 113 Å². The zero-order valence-electron chi connectivity index (χ0n) is 11.5. The summed E-state index contributed by atoms with van der Waals surface area (Å²) in [5, 5.41) is 0. The van der Waals surface area contributed by atoms with Crippen LogP contribution in [0.25, 0.3) is 0 Å². The Morgan fingerprint density at radius 2 is 1.78 bits per heavy atom. The monoisotopic (exact) mass is 264 g/mol. The van der Waals surface area contributed by atoms with E-state index in [1.807, 2.05) is 13.8 Å². The molecule has 1 aromatic rings. The first-order chi connectivity index (χ1) is 8.86. The summed E-state index contributed by atoms with van der Waals surface area (Å²) in [4.78, 5) is 0. The molecule has 0 saturated heterocycles. The van der Waals surface area contributed by atoms with Crippen molar-refractivity contribution in [2.75, 3.05) is 13.2 Å². The van der Waals surface area contributed by atoms with E-state index in [1.54, 1.807) is 0 Å². The molecule has 0 N–H and O–H groups in total. The molecule has 100 valence electrons. The fourth-order valence-corrected chi connectivity index (χ4v) is 3.03. The molecule has 3 heteroatoms. The molecule has 1 rings (SSSR count). The van der Waals surface area contributed by atoms with Crippen molar-refractivity contribution in [3.63, 3.8) is 0 Å². The number of aryl methyl sites for hydroxylation is 1. The van der Waals surface area contributed by atoms with Crippen LogP contribution < -0.4 is 0 Å². The molecule has 2 nitrogen and oxygen atoms in total. The van der Waals surface area contributed by atoms with Crippen LogP contribution in [0.5, 0.6) is 0 Å². The van der Waals surface area contributed by atoms with Crippen molar-refractivity contribution >= 4 is 9.52 Å². The van der Waals surface area contributed by atoms with E-state index in [1.165, 1.54) is 18.0 Å². The summed E-state index contributed by atoms with van der Waals surface area (Å²) in [6.45, 7) is 5.38. The Kier molecular flexibility index (Phi) is 8.47. The lowest BCUT2D eigenvalue weighted by atomic mass is 10.2. The Bertz CT molecular complexity index is 319. The number of hydrogen-bond donors (Lipinski definition) is 0. The van der Waals surface area contributed by atoms with Gasteiger partial charge in [-0.2, -0.15) is 0 Å². The van der Waals surface area contributed by atoms with E-state index in [0.29, 0.717) is 13.2 Å². The summed E-state index contributed by atoms with van der Waals surface area (Å²) in [5.74, 6) is 0. The van der Waals surface area contributed by atoms with Gasteiger partial charge in [-0.3, -0.25) is 0 Å². The third kappa shape index (κ3) is 6.74. The van der Waals surface area contributed by atoms with E-state index in [0.717, 1.165) is 0 Å². The summed E-state index contributed by atoms with van der Waals surface area (Å²) in [7, 11) is -0.150. The van der Waals surface area contributed by atoms with Gasteiger partial charge in [0.25, 0.3) is 0 Å². The summed E-state index contributed by atoms with van der Waals surface area (Å²) in [6.07, 6.45) is 3.11. The van der Waals surface area contributed by atoms with E-state index >= 15 is 0 Å². The Hall–Kier alpha value is -0.903. The molecule has 1 aromatic carbocycles. The smallest absolute Gasteiger partial charge is 0.176 e. The van der Waals surface area contributed by atoms with Gasteiger partial charge in [0.15, 0.2) is 6.29 Å². The lowest BCUT2D eigenvalue weighted by Crippen LogP contribution is -2.14. The second kappa shape index (κ2) is 10.1. The Balaban J connectivity index is 2.19. The van der Waals surface area contributed by atoms with E-state index < -0.39 is 0 Å². The van der Waals surface area contributed by atoms with E-state index in [-0.39, 0.29) is 15.8 Å². The normalized spacial score (nSPS) is 12.2. The highest BCUT2D eigenvalue weighted by Gasteiger charge is 2.01. The number of rotatable bonds is 9. The van der Waals surface area contributed by atoms with Gasteiger partial charge in [0.05, 0.1) is 0 Å².